The molecule has 0 aromatic carbocycles. The zero-order valence-electron chi connectivity index (χ0n) is 10.7. The Morgan fingerprint density at radius 1 is 1.07 bits per heavy atom. The van der Waals surface area contributed by atoms with E-state index in [-0.39, 0.29) is 0 Å². The van der Waals surface area contributed by atoms with E-state index in [1.807, 2.05) is 0 Å². The highest BCUT2D eigenvalue weighted by Crippen LogP contribution is 2.50. The molecule has 1 fully saturated rings. The Balaban J connectivity index is 2.20. The Kier molecular flexibility index (Phi) is 4.47. The van der Waals surface area contributed by atoms with Crippen LogP contribution in [0.1, 0.15) is 60.3 Å². The second-order valence-corrected chi connectivity index (χ2v) is 5.91. The first-order valence-corrected chi connectivity index (χ1v) is 6.56. The van der Waals surface area contributed by atoms with E-state index in [0.29, 0.717) is 0 Å². The summed E-state index contributed by atoms with van der Waals surface area (Å²) in [6.07, 6.45) is 5.75. The normalized spacial score (nSPS) is 30.4. The molecule has 0 saturated heterocycles. The van der Waals surface area contributed by atoms with Gasteiger partial charge in [0, 0.05) is 0 Å². The minimum atomic E-state index is 0.920. The Morgan fingerprint density at radius 3 is 2.14 bits per heavy atom. The average Bonchev–Trinajstić information content (AvgIpc) is 2.82. The van der Waals surface area contributed by atoms with E-state index >= 15 is 0 Å². The topological polar surface area (TPSA) is 0 Å². The highest BCUT2D eigenvalue weighted by molar-refractivity contribution is 4.91. The molecule has 0 N–H and O–H groups in total. The lowest BCUT2D eigenvalue weighted by Crippen LogP contribution is -2.07. The highest BCUT2D eigenvalue weighted by Gasteiger charge is 2.42. The maximum absolute atomic E-state index is 2.47. The van der Waals surface area contributed by atoms with Crippen molar-refractivity contribution < 1.29 is 0 Å². The molecule has 1 aliphatic carbocycles. The fourth-order valence-electron chi connectivity index (χ4n) is 3.08. The molecular formula is C14H28. The molecule has 4 atom stereocenters. The summed E-state index contributed by atoms with van der Waals surface area (Å²) in [6, 6.07) is 0. The van der Waals surface area contributed by atoms with Gasteiger partial charge in [0.1, 0.15) is 0 Å². The van der Waals surface area contributed by atoms with Gasteiger partial charge in [-0.2, -0.15) is 0 Å². The molecule has 84 valence electrons. The zero-order valence-corrected chi connectivity index (χ0v) is 10.7. The van der Waals surface area contributed by atoms with Gasteiger partial charge >= 0.3 is 0 Å². The van der Waals surface area contributed by atoms with Crippen LogP contribution in [0.15, 0.2) is 0 Å². The van der Waals surface area contributed by atoms with Crippen molar-refractivity contribution in [1.29, 1.82) is 0 Å². The van der Waals surface area contributed by atoms with Gasteiger partial charge < -0.3 is 0 Å². The fourth-order valence-corrected chi connectivity index (χ4v) is 3.08. The van der Waals surface area contributed by atoms with Gasteiger partial charge in [-0.3, -0.25) is 0 Å². The van der Waals surface area contributed by atoms with E-state index in [2.05, 4.69) is 34.6 Å². The molecule has 1 saturated carbocycles. The van der Waals surface area contributed by atoms with Crippen LogP contribution in [0.3, 0.4) is 0 Å². The Bertz CT molecular complexity index is 159. The van der Waals surface area contributed by atoms with Crippen LogP contribution in [-0.4, -0.2) is 0 Å². The van der Waals surface area contributed by atoms with Crippen LogP contribution in [0.4, 0.5) is 0 Å². The van der Waals surface area contributed by atoms with Crippen molar-refractivity contribution in [2.45, 2.75) is 60.3 Å². The van der Waals surface area contributed by atoms with Gasteiger partial charge in [-0.1, -0.05) is 47.5 Å². The van der Waals surface area contributed by atoms with Crippen molar-refractivity contribution in [2.75, 3.05) is 0 Å². The largest absolute Gasteiger partial charge is 0.0654 e. The maximum atomic E-state index is 2.47. The first-order chi connectivity index (χ1) is 6.56. The molecule has 0 spiro atoms. The van der Waals surface area contributed by atoms with Crippen molar-refractivity contribution in [3.8, 4) is 0 Å². The third-order valence-corrected chi connectivity index (χ3v) is 4.03. The predicted octanol–water partition coefficient (Wildman–Crippen LogP) is 4.74. The van der Waals surface area contributed by atoms with E-state index in [9.17, 15) is 0 Å². The van der Waals surface area contributed by atoms with Crippen LogP contribution in [0.25, 0.3) is 0 Å². The lowest BCUT2D eigenvalue weighted by atomic mass is 9.89. The summed E-state index contributed by atoms with van der Waals surface area (Å²) in [5.41, 5.74) is 0. The summed E-state index contributed by atoms with van der Waals surface area (Å²) < 4.78 is 0. The molecular weight excluding hydrogens is 168 g/mol. The SMILES string of the molecule is CCCC(C)CC(C)C1CC1C(C)C. The van der Waals surface area contributed by atoms with Crippen molar-refractivity contribution >= 4 is 0 Å². The van der Waals surface area contributed by atoms with Gasteiger partial charge in [0.2, 0.25) is 0 Å². The summed E-state index contributed by atoms with van der Waals surface area (Å²) in [5, 5.41) is 0. The van der Waals surface area contributed by atoms with Crippen LogP contribution in [0, 0.1) is 29.6 Å². The first kappa shape index (κ1) is 12.1. The fraction of sp³-hybridized carbons (Fsp3) is 1.00. The van der Waals surface area contributed by atoms with Crippen LogP contribution in [0.5, 0.6) is 0 Å². The van der Waals surface area contributed by atoms with Gasteiger partial charge in [-0.05, 0) is 42.4 Å². The standard InChI is InChI=1S/C14H28/c1-6-7-11(4)8-12(5)14-9-13(14)10(2)3/h10-14H,6-9H2,1-5H3. The molecule has 1 aliphatic rings. The Labute approximate surface area is 90.5 Å². The van der Waals surface area contributed by atoms with E-state index < -0.39 is 0 Å². The first-order valence-electron chi connectivity index (χ1n) is 6.56. The van der Waals surface area contributed by atoms with Crippen LogP contribution >= 0.6 is 0 Å². The van der Waals surface area contributed by atoms with E-state index in [1.165, 1.54) is 25.7 Å². The van der Waals surface area contributed by atoms with Crippen LogP contribution in [0.2, 0.25) is 0 Å². The summed E-state index contributed by atoms with van der Waals surface area (Å²) in [5.74, 6) is 4.96. The monoisotopic (exact) mass is 196 g/mol. The maximum Gasteiger partial charge on any atom is -0.0355 e. The van der Waals surface area contributed by atoms with Crippen molar-refractivity contribution in [3.63, 3.8) is 0 Å². The van der Waals surface area contributed by atoms with E-state index in [4.69, 9.17) is 0 Å². The summed E-state index contributed by atoms with van der Waals surface area (Å²) in [4.78, 5) is 0. The summed E-state index contributed by atoms with van der Waals surface area (Å²) >= 11 is 0. The minimum absolute atomic E-state index is 0.920. The molecule has 0 heteroatoms. The zero-order chi connectivity index (χ0) is 10.7. The lowest BCUT2D eigenvalue weighted by Gasteiger charge is -2.17. The molecule has 0 radical (unpaired) electrons. The molecule has 0 nitrogen and oxygen atoms in total. The average molecular weight is 196 g/mol. The van der Waals surface area contributed by atoms with Crippen molar-refractivity contribution in [2.24, 2.45) is 29.6 Å². The summed E-state index contributed by atoms with van der Waals surface area (Å²) in [7, 11) is 0. The molecule has 0 amide bonds. The Morgan fingerprint density at radius 2 is 1.71 bits per heavy atom. The third-order valence-electron chi connectivity index (χ3n) is 4.03. The molecule has 4 unspecified atom stereocenters. The molecule has 0 aliphatic heterocycles. The number of hydrogen-bond acceptors (Lipinski definition) is 0. The van der Waals surface area contributed by atoms with Gasteiger partial charge in [0.15, 0.2) is 0 Å². The molecule has 1 rings (SSSR count). The van der Waals surface area contributed by atoms with Crippen molar-refractivity contribution in [3.05, 3.63) is 0 Å². The van der Waals surface area contributed by atoms with Gasteiger partial charge in [-0.25, -0.2) is 0 Å². The van der Waals surface area contributed by atoms with Gasteiger partial charge in [-0.15, -0.1) is 0 Å². The van der Waals surface area contributed by atoms with Crippen molar-refractivity contribution in [1.82, 2.24) is 0 Å². The minimum Gasteiger partial charge on any atom is -0.0654 e. The molecule has 14 heavy (non-hydrogen) atoms. The molecule has 0 heterocycles. The second kappa shape index (κ2) is 5.19. The molecule has 0 aromatic heterocycles. The number of hydrogen-bond donors (Lipinski definition) is 0. The van der Waals surface area contributed by atoms with E-state index in [1.54, 1.807) is 0 Å². The highest BCUT2D eigenvalue weighted by atomic mass is 14.5. The Hall–Kier alpha value is 0. The number of rotatable bonds is 6. The predicted molar refractivity (Wildman–Crippen MR) is 64.3 cm³/mol. The van der Waals surface area contributed by atoms with Crippen LogP contribution < -0.4 is 0 Å². The quantitative estimate of drug-likeness (QED) is 0.575. The third kappa shape index (κ3) is 3.29. The smallest absolute Gasteiger partial charge is 0.0355 e. The van der Waals surface area contributed by atoms with Gasteiger partial charge in [0.05, 0.1) is 0 Å². The molecule has 0 bridgehead atoms. The van der Waals surface area contributed by atoms with Crippen LogP contribution in [-0.2, 0) is 0 Å². The summed E-state index contributed by atoms with van der Waals surface area (Å²) in [6.45, 7) is 12.0. The van der Waals surface area contributed by atoms with E-state index in [0.717, 1.165) is 29.6 Å². The van der Waals surface area contributed by atoms with Gasteiger partial charge in [0.25, 0.3) is 0 Å². The molecule has 0 aromatic rings. The second-order valence-electron chi connectivity index (χ2n) is 5.91. The lowest BCUT2D eigenvalue weighted by molar-refractivity contribution is 0.335.